The first-order valence-electron chi connectivity index (χ1n) is 12.2. The van der Waals surface area contributed by atoms with Crippen molar-refractivity contribution in [3.63, 3.8) is 0 Å². The van der Waals surface area contributed by atoms with Crippen molar-refractivity contribution in [1.29, 1.82) is 0 Å². The molecule has 0 spiro atoms. The van der Waals surface area contributed by atoms with Crippen molar-refractivity contribution in [2.24, 2.45) is 5.10 Å². The number of phenolic OH excluding ortho intramolecular Hbond substituents is 1. The zero-order valence-corrected chi connectivity index (χ0v) is 21.4. The summed E-state index contributed by atoms with van der Waals surface area (Å²) in [6.45, 7) is 4.05. The maximum Gasteiger partial charge on any atom is 0.511 e. The molecule has 10 heteroatoms. The Morgan fingerprint density at radius 1 is 0.975 bits per heavy atom. The molecule has 1 aliphatic heterocycles. The van der Waals surface area contributed by atoms with Gasteiger partial charge in [-0.25, -0.2) is 13.6 Å². The van der Waals surface area contributed by atoms with Crippen LogP contribution in [0.5, 0.6) is 11.5 Å². The Morgan fingerprint density at radius 3 is 2.40 bits per heavy atom. The molecule has 0 atom stereocenters. The van der Waals surface area contributed by atoms with Crippen molar-refractivity contribution in [1.82, 2.24) is 0 Å². The number of carboxylic acid groups (broad SMARTS) is 1. The van der Waals surface area contributed by atoms with Crippen LogP contribution in [0.15, 0.2) is 84.0 Å². The molecule has 0 radical (unpaired) electrons. The van der Waals surface area contributed by atoms with Gasteiger partial charge in [-0.15, -0.1) is 0 Å². The Morgan fingerprint density at radius 2 is 1.70 bits per heavy atom. The van der Waals surface area contributed by atoms with E-state index in [1.807, 2.05) is 26.0 Å². The lowest BCUT2D eigenvalue weighted by Gasteiger charge is -2.18. The maximum absolute atomic E-state index is 15.0. The van der Waals surface area contributed by atoms with Crippen LogP contribution in [0.2, 0.25) is 0 Å². The van der Waals surface area contributed by atoms with Gasteiger partial charge < -0.3 is 14.9 Å². The summed E-state index contributed by atoms with van der Waals surface area (Å²) in [5.74, 6) is -2.42. The van der Waals surface area contributed by atoms with Crippen LogP contribution in [-0.2, 0) is 4.79 Å². The van der Waals surface area contributed by atoms with Gasteiger partial charge in [0.05, 0.1) is 11.4 Å². The lowest BCUT2D eigenvalue weighted by atomic mass is 10.0. The number of para-hydroxylation sites is 1. The maximum atomic E-state index is 15.0. The minimum absolute atomic E-state index is 0.0444. The van der Waals surface area contributed by atoms with Crippen LogP contribution in [0.4, 0.5) is 30.6 Å². The second kappa shape index (κ2) is 10.5. The minimum atomic E-state index is -1.48. The summed E-state index contributed by atoms with van der Waals surface area (Å²) in [4.78, 5) is 25.5. The molecule has 0 saturated heterocycles. The van der Waals surface area contributed by atoms with Gasteiger partial charge in [0.15, 0.2) is 11.5 Å². The molecule has 202 valence electrons. The third kappa shape index (κ3) is 4.94. The number of aromatic hydroxyl groups is 1. The molecule has 4 aromatic carbocycles. The van der Waals surface area contributed by atoms with E-state index in [4.69, 9.17) is 5.11 Å². The van der Waals surface area contributed by atoms with Gasteiger partial charge in [0, 0.05) is 22.9 Å². The zero-order valence-electron chi connectivity index (χ0n) is 21.4. The first kappa shape index (κ1) is 26.4. The van der Waals surface area contributed by atoms with Gasteiger partial charge in [-0.05, 0) is 53.4 Å². The molecule has 8 nitrogen and oxygen atoms in total. The second-order valence-electron chi connectivity index (χ2n) is 9.34. The number of hydrogen-bond donors (Lipinski definition) is 3. The summed E-state index contributed by atoms with van der Waals surface area (Å²) in [5, 5.41) is 24.0. The van der Waals surface area contributed by atoms with Gasteiger partial charge in [-0.1, -0.05) is 50.2 Å². The second-order valence-corrected chi connectivity index (χ2v) is 9.34. The topological polar surface area (TPSA) is 111 Å². The summed E-state index contributed by atoms with van der Waals surface area (Å²) < 4.78 is 34.0. The molecule has 0 unspecified atom stereocenters. The molecule has 40 heavy (non-hydrogen) atoms. The molecule has 0 fully saturated rings. The standard InChI is InChI=1S/C30H23F2N3O5/c1-16(2)17-9-11-20(12-10-17)35-27-23(14-19(31)15-24(27)32)26(29(35)37)34-33-25-8-4-7-22(28(25)36)18-5-3-6-21(13-18)40-30(38)39/h3-16,33,36H,1-2H3,(H,38,39). The highest BCUT2D eigenvalue weighted by Gasteiger charge is 2.38. The fraction of sp³-hybridized carbons (Fsp3) is 0.100. The van der Waals surface area contributed by atoms with Crippen molar-refractivity contribution >= 4 is 34.8 Å². The number of carbonyl (C=O) groups is 2. The Kier molecular flexibility index (Phi) is 6.91. The molecule has 3 N–H and O–H groups in total. The van der Waals surface area contributed by atoms with Crippen molar-refractivity contribution in [3.8, 4) is 22.6 Å². The van der Waals surface area contributed by atoms with Gasteiger partial charge in [-0.3, -0.25) is 15.1 Å². The number of benzene rings is 4. The highest BCUT2D eigenvalue weighted by atomic mass is 19.1. The van der Waals surface area contributed by atoms with E-state index in [1.165, 1.54) is 18.2 Å². The van der Waals surface area contributed by atoms with E-state index in [0.29, 0.717) is 22.9 Å². The monoisotopic (exact) mass is 543 g/mol. The smallest absolute Gasteiger partial charge is 0.505 e. The molecule has 1 aliphatic rings. The van der Waals surface area contributed by atoms with E-state index >= 15 is 4.39 Å². The number of nitrogens with zero attached hydrogens (tertiary/aromatic N) is 2. The van der Waals surface area contributed by atoms with Crippen molar-refractivity contribution in [2.45, 2.75) is 19.8 Å². The van der Waals surface area contributed by atoms with Gasteiger partial charge in [0.1, 0.15) is 17.3 Å². The first-order valence-corrected chi connectivity index (χ1v) is 12.2. The quantitative estimate of drug-likeness (QED) is 0.104. The predicted molar refractivity (Wildman–Crippen MR) is 146 cm³/mol. The largest absolute Gasteiger partial charge is 0.511 e. The Balaban J connectivity index is 1.52. The molecular weight excluding hydrogens is 520 g/mol. The third-order valence-corrected chi connectivity index (χ3v) is 6.40. The summed E-state index contributed by atoms with van der Waals surface area (Å²) in [6.07, 6.45) is -1.48. The Hall–Kier alpha value is -5.25. The minimum Gasteiger partial charge on any atom is -0.505 e. The number of fused-ring (bicyclic) bond motifs is 1. The van der Waals surface area contributed by atoms with E-state index in [1.54, 1.807) is 36.4 Å². The molecule has 0 bridgehead atoms. The Bertz CT molecular complexity index is 1670. The van der Waals surface area contributed by atoms with E-state index in [0.717, 1.165) is 16.5 Å². The average Bonchev–Trinajstić information content (AvgIpc) is 3.19. The van der Waals surface area contributed by atoms with Gasteiger partial charge in [0.25, 0.3) is 5.91 Å². The normalized spacial score (nSPS) is 13.6. The van der Waals surface area contributed by atoms with Crippen LogP contribution in [0.1, 0.15) is 30.9 Å². The summed E-state index contributed by atoms with van der Waals surface area (Å²) in [6, 6.07) is 19.6. The average molecular weight is 544 g/mol. The van der Waals surface area contributed by atoms with Gasteiger partial charge in [0.2, 0.25) is 0 Å². The SMILES string of the molecule is CC(C)c1ccc(N2C(=O)C(=NNc3cccc(-c4cccc(OC(=O)O)c4)c3O)c3cc(F)cc(F)c32)cc1. The number of rotatable bonds is 6. The van der Waals surface area contributed by atoms with Crippen molar-refractivity contribution < 1.29 is 33.3 Å². The molecule has 1 amide bonds. The summed E-state index contributed by atoms with van der Waals surface area (Å²) in [7, 11) is 0. The van der Waals surface area contributed by atoms with Crippen LogP contribution in [0.25, 0.3) is 11.1 Å². The summed E-state index contributed by atoms with van der Waals surface area (Å²) >= 11 is 0. The van der Waals surface area contributed by atoms with Crippen LogP contribution >= 0.6 is 0 Å². The molecular formula is C30H23F2N3O5. The number of carbonyl (C=O) groups excluding carboxylic acids is 1. The molecule has 1 heterocycles. The first-order chi connectivity index (χ1) is 19.1. The fourth-order valence-electron chi connectivity index (χ4n) is 4.47. The van der Waals surface area contributed by atoms with Crippen molar-refractivity contribution in [2.75, 3.05) is 10.3 Å². The van der Waals surface area contributed by atoms with Crippen LogP contribution in [0.3, 0.4) is 0 Å². The van der Waals surface area contributed by atoms with Crippen LogP contribution in [-0.4, -0.2) is 28.0 Å². The van der Waals surface area contributed by atoms with Crippen LogP contribution in [0, 0.1) is 11.6 Å². The number of phenols is 1. The van der Waals surface area contributed by atoms with Gasteiger partial charge >= 0.3 is 6.16 Å². The lowest BCUT2D eigenvalue weighted by Crippen LogP contribution is -2.26. The Labute approximate surface area is 227 Å². The van der Waals surface area contributed by atoms with E-state index in [-0.39, 0.29) is 40.1 Å². The number of hydrazone groups is 1. The highest BCUT2D eigenvalue weighted by Crippen LogP contribution is 2.40. The van der Waals surface area contributed by atoms with Crippen molar-refractivity contribution in [3.05, 3.63) is 102 Å². The predicted octanol–water partition coefficient (Wildman–Crippen LogP) is 7.01. The van der Waals surface area contributed by atoms with Crippen LogP contribution < -0.4 is 15.1 Å². The van der Waals surface area contributed by atoms with E-state index in [2.05, 4.69) is 15.3 Å². The number of anilines is 3. The molecule has 5 rings (SSSR count). The summed E-state index contributed by atoms with van der Waals surface area (Å²) in [5.41, 5.74) is 4.51. The zero-order chi connectivity index (χ0) is 28.6. The molecule has 0 aliphatic carbocycles. The van der Waals surface area contributed by atoms with Gasteiger partial charge in [-0.2, -0.15) is 5.10 Å². The number of amides is 1. The molecule has 0 aromatic heterocycles. The molecule has 4 aromatic rings. The fourth-order valence-corrected chi connectivity index (χ4v) is 4.47. The molecule has 0 saturated carbocycles. The van der Waals surface area contributed by atoms with E-state index in [9.17, 15) is 19.1 Å². The number of hydrogen-bond acceptors (Lipinski definition) is 6. The third-order valence-electron chi connectivity index (χ3n) is 6.40. The van der Waals surface area contributed by atoms with E-state index < -0.39 is 23.7 Å². The number of nitrogens with one attached hydrogen (secondary N) is 1. The highest BCUT2D eigenvalue weighted by molar-refractivity contribution is 6.55. The number of halogens is 2. The number of ether oxygens (including phenoxy) is 1. The lowest BCUT2D eigenvalue weighted by molar-refractivity contribution is -0.111.